The van der Waals surface area contributed by atoms with Crippen LogP contribution in [0.3, 0.4) is 0 Å². The highest BCUT2D eigenvalue weighted by Crippen LogP contribution is 2.27. The molecule has 0 atom stereocenters. The van der Waals surface area contributed by atoms with Crippen LogP contribution in [0.1, 0.15) is 32.0 Å². The highest BCUT2D eigenvalue weighted by Gasteiger charge is 2.28. The Hall–Kier alpha value is -3.58. The lowest BCUT2D eigenvalue weighted by atomic mass is 9.90. The van der Waals surface area contributed by atoms with E-state index in [9.17, 15) is 4.79 Å². The summed E-state index contributed by atoms with van der Waals surface area (Å²) in [5.74, 6) is 0.135. The molecule has 7 nitrogen and oxygen atoms in total. The first-order chi connectivity index (χ1) is 14.8. The minimum Gasteiger partial charge on any atom is -0.497 e. The van der Waals surface area contributed by atoms with Gasteiger partial charge < -0.3 is 4.74 Å². The van der Waals surface area contributed by atoms with Crippen molar-refractivity contribution in [3.63, 3.8) is 0 Å². The van der Waals surface area contributed by atoms with Gasteiger partial charge in [-0.2, -0.15) is 5.26 Å². The summed E-state index contributed by atoms with van der Waals surface area (Å²) in [6.45, 7) is 5.41. The molecule has 7 heteroatoms. The van der Waals surface area contributed by atoms with Gasteiger partial charge in [0, 0.05) is 17.4 Å². The normalized spacial score (nSPS) is 11.8. The van der Waals surface area contributed by atoms with Crippen molar-refractivity contribution in [2.24, 2.45) is 10.4 Å². The summed E-state index contributed by atoms with van der Waals surface area (Å²) in [4.78, 5) is 29.8. The molecule has 0 aliphatic carbocycles. The molecular weight excluding hydrogens is 394 g/mol. The van der Waals surface area contributed by atoms with Crippen molar-refractivity contribution in [1.82, 2.24) is 9.97 Å². The molecule has 0 bridgehead atoms. The summed E-state index contributed by atoms with van der Waals surface area (Å²) < 4.78 is 5.22. The van der Waals surface area contributed by atoms with Gasteiger partial charge in [-0.3, -0.25) is 4.89 Å². The third-order valence-electron chi connectivity index (χ3n) is 4.63. The number of aromatic nitrogens is 2. The average molecular weight is 419 g/mol. The molecule has 0 aliphatic rings. The predicted molar refractivity (Wildman–Crippen MR) is 119 cm³/mol. The van der Waals surface area contributed by atoms with Gasteiger partial charge in [-0.05, 0) is 29.8 Å². The topological polar surface area (TPSA) is 93.9 Å². The molecule has 0 saturated carbocycles. The van der Waals surface area contributed by atoms with Gasteiger partial charge in [0.15, 0.2) is 5.82 Å². The van der Waals surface area contributed by atoms with Crippen molar-refractivity contribution < 1.29 is 19.7 Å². The zero-order valence-corrected chi connectivity index (χ0v) is 18.0. The van der Waals surface area contributed by atoms with Gasteiger partial charge in [0.05, 0.1) is 24.7 Å². The Kier molecular flexibility index (Phi) is 6.77. The smallest absolute Gasteiger partial charge is 0.387 e. The highest BCUT2D eigenvalue weighted by atomic mass is 17.1. The van der Waals surface area contributed by atoms with E-state index in [-0.39, 0.29) is 5.71 Å². The van der Waals surface area contributed by atoms with Crippen LogP contribution >= 0.6 is 0 Å². The van der Waals surface area contributed by atoms with Gasteiger partial charge in [-0.15, -0.1) is 0 Å². The Labute approximate surface area is 181 Å². The van der Waals surface area contributed by atoms with E-state index in [2.05, 4.69) is 14.9 Å². The SMILES string of the molecule is COc1ccc(-c2cnc(N=C(C(=O)OO)C(C)(C)C)c(Cc3ccccc3)n2)cc1. The maximum Gasteiger partial charge on any atom is 0.387 e. The fourth-order valence-electron chi connectivity index (χ4n) is 2.99. The molecule has 31 heavy (non-hydrogen) atoms. The number of benzene rings is 2. The second-order valence-electron chi connectivity index (χ2n) is 8.01. The Bertz CT molecular complexity index is 1070. The Balaban J connectivity index is 2.11. The first-order valence-corrected chi connectivity index (χ1v) is 9.81. The number of carbonyl (C=O) groups is 1. The van der Waals surface area contributed by atoms with Gasteiger partial charge in [-0.1, -0.05) is 51.1 Å². The van der Waals surface area contributed by atoms with Crippen molar-refractivity contribution in [3.8, 4) is 17.0 Å². The van der Waals surface area contributed by atoms with E-state index in [0.717, 1.165) is 16.9 Å². The molecule has 0 fully saturated rings. The van der Waals surface area contributed by atoms with Crippen molar-refractivity contribution in [3.05, 3.63) is 72.1 Å². The third kappa shape index (κ3) is 5.52. The van der Waals surface area contributed by atoms with Crippen molar-refractivity contribution in [2.45, 2.75) is 27.2 Å². The van der Waals surface area contributed by atoms with Crippen LogP contribution in [0, 0.1) is 5.41 Å². The maximum atomic E-state index is 12.1. The van der Waals surface area contributed by atoms with Crippen LogP contribution in [0.15, 0.2) is 65.8 Å². The standard InChI is InChI=1S/C24H25N3O4/c1-24(2,3)21(23(28)31-29)27-22-19(14-16-8-6-5-7-9-16)26-20(15-25-22)17-10-12-18(30-4)13-11-17/h5-13,15,29H,14H2,1-4H3. The number of nitrogens with zero attached hydrogens (tertiary/aromatic N) is 3. The Morgan fingerprint density at radius 2 is 1.74 bits per heavy atom. The largest absolute Gasteiger partial charge is 0.497 e. The first kappa shape index (κ1) is 22.1. The first-order valence-electron chi connectivity index (χ1n) is 9.81. The zero-order chi connectivity index (χ0) is 22.4. The lowest BCUT2D eigenvalue weighted by Gasteiger charge is -2.18. The van der Waals surface area contributed by atoms with E-state index < -0.39 is 11.4 Å². The van der Waals surface area contributed by atoms with Gasteiger partial charge in [0.2, 0.25) is 0 Å². The van der Waals surface area contributed by atoms with E-state index in [1.165, 1.54) is 0 Å². The fourth-order valence-corrected chi connectivity index (χ4v) is 2.99. The maximum absolute atomic E-state index is 12.1. The Morgan fingerprint density at radius 1 is 1.06 bits per heavy atom. The van der Waals surface area contributed by atoms with E-state index in [4.69, 9.17) is 15.0 Å². The number of hydrogen-bond acceptors (Lipinski definition) is 7. The second kappa shape index (κ2) is 9.49. The van der Waals surface area contributed by atoms with Crippen LogP contribution in [0.5, 0.6) is 5.75 Å². The lowest BCUT2D eigenvalue weighted by Crippen LogP contribution is -2.30. The van der Waals surface area contributed by atoms with Crippen molar-refractivity contribution in [1.29, 1.82) is 0 Å². The summed E-state index contributed by atoms with van der Waals surface area (Å²) >= 11 is 0. The van der Waals surface area contributed by atoms with Crippen LogP contribution in [-0.2, 0) is 16.1 Å². The molecule has 0 amide bonds. The van der Waals surface area contributed by atoms with Crippen molar-refractivity contribution in [2.75, 3.05) is 7.11 Å². The molecule has 160 valence electrons. The zero-order valence-electron chi connectivity index (χ0n) is 18.0. The molecule has 2 aromatic carbocycles. The summed E-state index contributed by atoms with van der Waals surface area (Å²) in [5.41, 5.74) is 2.57. The van der Waals surface area contributed by atoms with Gasteiger partial charge in [0.25, 0.3) is 0 Å². The number of carbonyl (C=O) groups excluding carboxylic acids is 1. The molecule has 1 N–H and O–H groups in total. The molecule has 0 saturated heterocycles. The molecule has 0 spiro atoms. The van der Waals surface area contributed by atoms with Crippen LogP contribution in [-0.4, -0.2) is 34.0 Å². The molecule has 1 aromatic heterocycles. The number of ether oxygens (including phenoxy) is 1. The molecule has 3 aromatic rings. The Morgan fingerprint density at radius 3 is 2.32 bits per heavy atom. The van der Waals surface area contributed by atoms with Crippen LogP contribution in [0.2, 0.25) is 0 Å². The number of aliphatic imine (C=N–C) groups is 1. The molecule has 0 unspecified atom stereocenters. The predicted octanol–water partition coefficient (Wildman–Crippen LogP) is 4.88. The van der Waals surface area contributed by atoms with E-state index >= 15 is 0 Å². The van der Waals surface area contributed by atoms with Gasteiger partial charge in [0.1, 0.15) is 11.5 Å². The van der Waals surface area contributed by atoms with Gasteiger partial charge in [-0.25, -0.2) is 19.8 Å². The van der Waals surface area contributed by atoms with Crippen LogP contribution < -0.4 is 4.74 Å². The molecule has 0 aliphatic heterocycles. The lowest BCUT2D eigenvalue weighted by molar-refractivity contribution is -0.226. The summed E-state index contributed by atoms with van der Waals surface area (Å²) in [6.07, 6.45) is 2.09. The van der Waals surface area contributed by atoms with Crippen LogP contribution in [0.4, 0.5) is 5.82 Å². The monoisotopic (exact) mass is 419 g/mol. The average Bonchev–Trinajstić information content (AvgIpc) is 2.77. The number of hydrogen-bond donors (Lipinski definition) is 1. The van der Waals surface area contributed by atoms with Crippen LogP contribution in [0.25, 0.3) is 11.3 Å². The fraction of sp³-hybridized carbons (Fsp3) is 0.250. The molecular formula is C24H25N3O4. The number of methoxy groups -OCH3 is 1. The van der Waals surface area contributed by atoms with E-state index in [1.54, 1.807) is 34.1 Å². The quantitative estimate of drug-likeness (QED) is 0.348. The number of rotatable bonds is 6. The molecule has 1 heterocycles. The third-order valence-corrected chi connectivity index (χ3v) is 4.63. The van der Waals surface area contributed by atoms with E-state index in [0.29, 0.717) is 23.6 Å². The van der Waals surface area contributed by atoms with Gasteiger partial charge >= 0.3 is 5.97 Å². The minimum absolute atomic E-state index is 0.0517. The second-order valence-corrected chi connectivity index (χ2v) is 8.01. The summed E-state index contributed by atoms with van der Waals surface area (Å²) in [6, 6.07) is 17.3. The van der Waals surface area contributed by atoms with E-state index in [1.807, 2.05) is 54.6 Å². The summed E-state index contributed by atoms with van der Waals surface area (Å²) in [7, 11) is 1.61. The highest BCUT2D eigenvalue weighted by molar-refractivity contribution is 6.38. The molecule has 0 radical (unpaired) electrons. The summed E-state index contributed by atoms with van der Waals surface area (Å²) in [5, 5.41) is 8.91. The molecule has 3 rings (SSSR count). The van der Waals surface area contributed by atoms with Crippen molar-refractivity contribution >= 4 is 17.5 Å². The minimum atomic E-state index is -0.917.